The molecule has 1 aliphatic rings. The van der Waals surface area contributed by atoms with Crippen molar-refractivity contribution >= 4 is 11.0 Å². The smallest absolute Gasteiger partial charge is 0.0890 e. The molecule has 0 unspecified atom stereocenters. The minimum atomic E-state index is 0.706. The Kier molecular flexibility index (Phi) is 3.45. The van der Waals surface area contributed by atoms with E-state index in [4.69, 9.17) is 4.74 Å². The largest absolute Gasteiger partial charge is 0.379 e. The molecule has 0 amide bonds. The van der Waals surface area contributed by atoms with Gasteiger partial charge in [-0.1, -0.05) is 12.1 Å². The van der Waals surface area contributed by atoms with Gasteiger partial charge in [0.15, 0.2) is 0 Å². The van der Waals surface area contributed by atoms with E-state index in [1.807, 2.05) is 30.5 Å². The van der Waals surface area contributed by atoms with Gasteiger partial charge in [0.2, 0.25) is 0 Å². The van der Waals surface area contributed by atoms with E-state index >= 15 is 0 Å². The third kappa shape index (κ3) is 2.64. The van der Waals surface area contributed by atoms with Crippen LogP contribution in [0.25, 0.3) is 11.0 Å². The number of aromatic nitrogens is 2. The van der Waals surface area contributed by atoms with Gasteiger partial charge in [-0.25, -0.2) is 15.4 Å². The average molecular weight is 244 g/mol. The summed E-state index contributed by atoms with van der Waals surface area (Å²) in [5.74, 6) is 0. The van der Waals surface area contributed by atoms with Crippen molar-refractivity contribution in [3.63, 3.8) is 0 Å². The zero-order valence-corrected chi connectivity index (χ0v) is 10.2. The fourth-order valence-corrected chi connectivity index (χ4v) is 1.99. The lowest BCUT2D eigenvalue weighted by atomic mass is 10.3. The van der Waals surface area contributed by atoms with Crippen molar-refractivity contribution in [1.29, 1.82) is 0 Å². The number of nitrogens with one attached hydrogen (secondary N) is 1. The Bertz CT molecular complexity index is 525. The minimum absolute atomic E-state index is 0.706. The molecule has 2 aromatic rings. The van der Waals surface area contributed by atoms with E-state index in [1.165, 1.54) is 0 Å². The highest BCUT2D eigenvalue weighted by Gasteiger charge is 2.09. The number of hydrogen-bond donors (Lipinski definition) is 1. The van der Waals surface area contributed by atoms with Crippen LogP contribution < -0.4 is 5.43 Å². The number of para-hydroxylation sites is 2. The van der Waals surface area contributed by atoms with Gasteiger partial charge in [0.1, 0.15) is 0 Å². The van der Waals surface area contributed by atoms with E-state index < -0.39 is 0 Å². The van der Waals surface area contributed by atoms with Gasteiger partial charge in [-0.15, -0.1) is 0 Å². The van der Waals surface area contributed by atoms with Gasteiger partial charge in [0.25, 0.3) is 0 Å². The van der Waals surface area contributed by atoms with Gasteiger partial charge in [0.05, 0.1) is 42.7 Å². The molecule has 2 heterocycles. The van der Waals surface area contributed by atoms with Crippen LogP contribution in [0.4, 0.5) is 0 Å². The molecule has 5 nitrogen and oxygen atoms in total. The maximum Gasteiger partial charge on any atom is 0.0890 e. The quantitative estimate of drug-likeness (QED) is 0.871. The highest BCUT2D eigenvalue weighted by atomic mass is 16.5. The Labute approximate surface area is 106 Å². The molecule has 3 rings (SSSR count). The Morgan fingerprint density at radius 1 is 1.17 bits per heavy atom. The molecule has 1 aromatic carbocycles. The summed E-state index contributed by atoms with van der Waals surface area (Å²) in [6.45, 7) is 4.12. The average Bonchev–Trinajstić information content (AvgIpc) is 2.46. The van der Waals surface area contributed by atoms with Gasteiger partial charge in [0, 0.05) is 13.1 Å². The lowest BCUT2D eigenvalue weighted by molar-refractivity contribution is 0.0103. The summed E-state index contributed by atoms with van der Waals surface area (Å²) in [6, 6.07) is 7.92. The first kappa shape index (κ1) is 11.5. The van der Waals surface area contributed by atoms with Crippen LogP contribution in [-0.2, 0) is 11.3 Å². The van der Waals surface area contributed by atoms with Crippen molar-refractivity contribution < 1.29 is 4.74 Å². The fourth-order valence-electron chi connectivity index (χ4n) is 1.99. The Morgan fingerprint density at radius 2 is 1.94 bits per heavy atom. The SMILES string of the molecule is c1ccc2nc(CNN3CCOCC3)cnc2c1. The maximum atomic E-state index is 5.30. The third-order valence-electron chi connectivity index (χ3n) is 2.99. The summed E-state index contributed by atoms with van der Waals surface area (Å²) in [6.07, 6.45) is 1.83. The predicted octanol–water partition coefficient (Wildman–Crippen LogP) is 0.967. The summed E-state index contributed by atoms with van der Waals surface area (Å²) in [5.41, 5.74) is 6.19. The van der Waals surface area contributed by atoms with E-state index in [9.17, 15) is 0 Å². The first-order chi connectivity index (χ1) is 8.92. The fraction of sp³-hybridized carbons (Fsp3) is 0.385. The molecule has 0 radical (unpaired) electrons. The molecule has 94 valence electrons. The molecule has 1 aliphatic heterocycles. The van der Waals surface area contributed by atoms with E-state index in [2.05, 4.69) is 20.4 Å². The molecule has 0 aliphatic carbocycles. The second-order valence-electron chi connectivity index (χ2n) is 4.28. The lowest BCUT2D eigenvalue weighted by Crippen LogP contribution is -2.45. The highest BCUT2D eigenvalue weighted by molar-refractivity contribution is 5.73. The van der Waals surface area contributed by atoms with E-state index in [0.29, 0.717) is 6.54 Å². The van der Waals surface area contributed by atoms with Crippen LogP contribution in [-0.4, -0.2) is 41.3 Å². The van der Waals surface area contributed by atoms with Crippen molar-refractivity contribution in [3.05, 3.63) is 36.2 Å². The Hall–Kier alpha value is -1.56. The van der Waals surface area contributed by atoms with Crippen molar-refractivity contribution in [2.24, 2.45) is 0 Å². The molecule has 1 N–H and O–H groups in total. The summed E-state index contributed by atoms with van der Waals surface area (Å²) in [4.78, 5) is 8.98. The lowest BCUT2D eigenvalue weighted by Gasteiger charge is -2.26. The molecule has 0 atom stereocenters. The molecule has 1 fully saturated rings. The number of morpholine rings is 1. The number of ether oxygens (including phenoxy) is 1. The number of benzene rings is 1. The second-order valence-corrected chi connectivity index (χ2v) is 4.28. The number of hydrazine groups is 1. The number of rotatable bonds is 3. The van der Waals surface area contributed by atoms with E-state index in [-0.39, 0.29) is 0 Å². The maximum absolute atomic E-state index is 5.30. The molecular formula is C13H16N4O. The van der Waals surface area contributed by atoms with Crippen LogP contribution in [0.2, 0.25) is 0 Å². The predicted molar refractivity (Wildman–Crippen MR) is 68.8 cm³/mol. The Morgan fingerprint density at radius 3 is 2.78 bits per heavy atom. The van der Waals surface area contributed by atoms with E-state index in [1.54, 1.807) is 0 Å². The molecular weight excluding hydrogens is 228 g/mol. The van der Waals surface area contributed by atoms with Crippen molar-refractivity contribution in [2.75, 3.05) is 26.3 Å². The van der Waals surface area contributed by atoms with Gasteiger partial charge in [-0.2, -0.15) is 0 Å². The van der Waals surface area contributed by atoms with Crippen LogP contribution in [0, 0.1) is 0 Å². The monoisotopic (exact) mass is 244 g/mol. The summed E-state index contributed by atoms with van der Waals surface area (Å²) < 4.78 is 5.30. The van der Waals surface area contributed by atoms with Crippen LogP contribution in [0.3, 0.4) is 0 Å². The van der Waals surface area contributed by atoms with Gasteiger partial charge >= 0.3 is 0 Å². The summed E-state index contributed by atoms with van der Waals surface area (Å²) >= 11 is 0. The Balaban J connectivity index is 1.66. The van der Waals surface area contributed by atoms with Crippen LogP contribution in [0.5, 0.6) is 0 Å². The molecule has 1 aromatic heterocycles. The molecule has 0 bridgehead atoms. The molecule has 5 heteroatoms. The third-order valence-corrected chi connectivity index (χ3v) is 2.99. The van der Waals surface area contributed by atoms with Crippen molar-refractivity contribution in [1.82, 2.24) is 20.4 Å². The summed E-state index contributed by atoms with van der Waals surface area (Å²) in [5, 5.41) is 2.17. The molecule has 18 heavy (non-hydrogen) atoms. The van der Waals surface area contributed by atoms with Crippen molar-refractivity contribution in [2.45, 2.75) is 6.54 Å². The van der Waals surface area contributed by atoms with Gasteiger partial charge in [-0.3, -0.25) is 4.98 Å². The first-order valence-corrected chi connectivity index (χ1v) is 6.19. The minimum Gasteiger partial charge on any atom is -0.379 e. The molecule has 1 saturated heterocycles. The van der Waals surface area contributed by atoms with Crippen LogP contribution in [0.15, 0.2) is 30.5 Å². The highest BCUT2D eigenvalue weighted by Crippen LogP contribution is 2.08. The van der Waals surface area contributed by atoms with Crippen LogP contribution >= 0.6 is 0 Å². The number of nitrogens with zero attached hydrogens (tertiary/aromatic N) is 3. The second kappa shape index (κ2) is 5.39. The van der Waals surface area contributed by atoms with Crippen LogP contribution in [0.1, 0.15) is 5.69 Å². The van der Waals surface area contributed by atoms with Crippen molar-refractivity contribution in [3.8, 4) is 0 Å². The molecule has 0 saturated carbocycles. The zero-order chi connectivity index (χ0) is 12.2. The van der Waals surface area contributed by atoms with Gasteiger partial charge < -0.3 is 4.74 Å². The normalized spacial score (nSPS) is 17.1. The number of fused-ring (bicyclic) bond motifs is 1. The van der Waals surface area contributed by atoms with E-state index in [0.717, 1.165) is 43.0 Å². The topological polar surface area (TPSA) is 50.3 Å². The zero-order valence-electron chi connectivity index (χ0n) is 10.2. The standard InChI is InChI=1S/C13H16N4O/c1-2-4-13-12(3-1)14-9-11(16-13)10-15-17-5-7-18-8-6-17/h1-4,9,15H,5-8,10H2. The number of hydrogen-bond acceptors (Lipinski definition) is 5. The molecule has 0 spiro atoms. The van der Waals surface area contributed by atoms with Gasteiger partial charge in [-0.05, 0) is 12.1 Å². The summed E-state index contributed by atoms with van der Waals surface area (Å²) in [7, 11) is 0. The first-order valence-electron chi connectivity index (χ1n) is 6.19.